The molecule has 1 aromatic rings. The number of hydrogen-bond donors (Lipinski definition) is 1. The molecule has 0 fully saturated rings. The summed E-state index contributed by atoms with van der Waals surface area (Å²) in [6, 6.07) is 5.14. The summed E-state index contributed by atoms with van der Waals surface area (Å²) in [7, 11) is 1.98. The third-order valence-electron chi connectivity index (χ3n) is 6.55. The van der Waals surface area contributed by atoms with Crippen molar-refractivity contribution in [3.05, 3.63) is 23.8 Å². The maximum atomic E-state index is 13.9. The molecule has 0 saturated heterocycles. The molecule has 1 amide bonds. The number of sulfonamides is 1. The lowest BCUT2D eigenvalue weighted by atomic mass is 10.0. The van der Waals surface area contributed by atoms with Gasteiger partial charge in [0.25, 0.3) is 5.91 Å². The van der Waals surface area contributed by atoms with E-state index < -0.39 is 22.2 Å². The Balaban J connectivity index is 2.49. The number of anilines is 1. The van der Waals surface area contributed by atoms with Gasteiger partial charge in [-0.15, -0.1) is 0 Å². The number of nitrogens with zero attached hydrogens (tertiary/aromatic N) is 3. The molecule has 1 aliphatic rings. The Morgan fingerprint density at radius 3 is 2.49 bits per heavy atom. The van der Waals surface area contributed by atoms with Crippen LogP contribution in [0.3, 0.4) is 0 Å². The van der Waals surface area contributed by atoms with E-state index in [0.717, 1.165) is 24.9 Å². The van der Waals surface area contributed by atoms with Crippen LogP contribution in [0.5, 0.6) is 5.75 Å². The Morgan fingerprint density at radius 1 is 1.20 bits per heavy atom. The van der Waals surface area contributed by atoms with Gasteiger partial charge in [-0.2, -0.15) is 0 Å². The third-order valence-corrected chi connectivity index (χ3v) is 7.84. The second-order valence-electron chi connectivity index (χ2n) is 9.92. The van der Waals surface area contributed by atoms with Crippen molar-refractivity contribution in [3.63, 3.8) is 0 Å². The summed E-state index contributed by atoms with van der Waals surface area (Å²) in [6.07, 6.45) is 3.18. The van der Waals surface area contributed by atoms with Crippen molar-refractivity contribution in [2.45, 2.75) is 58.3 Å². The van der Waals surface area contributed by atoms with Crippen molar-refractivity contribution in [1.29, 1.82) is 0 Å². The molecule has 0 aromatic heterocycles. The molecule has 0 radical (unpaired) electrons. The summed E-state index contributed by atoms with van der Waals surface area (Å²) < 4.78 is 37.8. The van der Waals surface area contributed by atoms with E-state index in [1.54, 1.807) is 11.8 Å². The predicted molar refractivity (Wildman–Crippen MR) is 139 cm³/mol. The Labute approximate surface area is 211 Å². The molecular formula is C25H43N3O6S. The van der Waals surface area contributed by atoms with Gasteiger partial charge >= 0.3 is 0 Å². The number of likely N-dealkylation sites (N-methyl/N-ethyl adjacent to an activating group) is 1. The lowest BCUT2D eigenvalue weighted by Gasteiger charge is -2.35. The summed E-state index contributed by atoms with van der Waals surface area (Å²) in [5, 5.41) is 9.96. The van der Waals surface area contributed by atoms with Crippen LogP contribution in [-0.4, -0.2) is 101 Å². The number of carbonyl (C=O) groups is 1. The van der Waals surface area contributed by atoms with Crippen LogP contribution in [0.2, 0.25) is 0 Å². The van der Waals surface area contributed by atoms with Crippen molar-refractivity contribution in [1.82, 2.24) is 9.21 Å². The highest BCUT2D eigenvalue weighted by molar-refractivity contribution is 7.88. The second kappa shape index (κ2) is 12.9. The van der Waals surface area contributed by atoms with Crippen LogP contribution in [0.15, 0.2) is 18.2 Å². The molecule has 200 valence electrons. The Hall–Kier alpha value is -1.88. The second-order valence-corrected chi connectivity index (χ2v) is 12.0. The number of aliphatic hydroxyl groups is 1. The Kier molecular flexibility index (Phi) is 10.8. The molecule has 1 aliphatic heterocycles. The summed E-state index contributed by atoms with van der Waals surface area (Å²) in [5.74, 6) is 0.106. The number of hydrogen-bond acceptors (Lipinski definition) is 7. The van der Waals surface area contributed by atoms with Crippen molar-refractivity contribution in [3.8, 4) is 5.75 Å². The van der Waals surface area contributed by atoms with Crippen LogP contribution in [-0.2, 0) is 14.8 Å². The van der Waals surface area contributed by atoms with Crippen molar-refractivity contribution in [2.75, 3.05) is 58.6 Å². The minimum absolute atomic E-state index is 0.0931. The monoisotopic (exact) mass is 513 g/mol. The van der Waals surface area contributed by atoms with Gasteiger partial charge in [-0.25, -0.2) is 12.7 Å². The van der Waals surface area contributed by atoms with E-state index in [2.05, 4.69) is 0 Å². The smallest absolute Gasteiger partial charge is 0.258 e. The first-order valence-corrected chi connectivity index (χ1v) is 14.1. The summed E-state index contributed by atoms with van der Waals surface area (Å²) in [6.45, 7) is 6.51. The van der Waals surface area contributed by atoms with Gasteiger partial charge < -0.3 is 24.4 Å². The minimum Gasteiger partial charge on any atom is -0.490 e. The molecule has 35 heavy (non-hydrogen) atoms. The first kappa shape index (κ1) is 29.4. The van der Waals surface area contributed by atoms with Crippen molar-refractivity contribution >= 4 is 21.6 Å². The lowest BCUT2D eigenvalue weighted by Crippen LogP contribution is -2.47. The van der Waals surface area contributed by atoms with Crippen LogP contribution in [0.25, 0.3) is 0 Å². The van der Waals surface area contributed by atoms with E-state index in [9.17, 15) is 18.3 Å². The zero-order valence-electron chi connectivity index (χ0n) is 22.2. The molecule has 9 nitrogen and oxygen atoms in total. The fourth-order valence-corrected chi connectivity index (χ4v) is 4.46. The van der Waals surface area contributed by atoms with Crippen molar-refractivity contribution in [2.24, 2.45) is 5.92 Å². The fraction of sp³-hybridized carbons (Fsp3) is 0.720. The number of amides is 1. The summed E-state index contributed by atoms with van der Waals surface area (Å²) in [5.41, 5.74) is 1.31. The quantitative estimate of drug-likeness (QED) is 0.624. The topological polar surface area (TPSA) is 99.6 Å². The van der Waals surface area contributed by atoms with E-state index >= 15 is 0 Å². The number of benzene rings is 1. The molecule has 0 saturated carbocycles. The number of fused-ring (bicyclic) bond motifs is 1. The lowest BCUT2D eigenvalue weighted by molar-refractivity contribution is -0.00828. The van der Waals surface area contributed by atoms with E-state index in [4.69, 9.17) is 9.47 Å². The van der Waals surface area contributed by atoms with Gasteiger partial charge in [0.05, 0.1) is 36.7 Å². The Morgan fingerprint density at radius 2 is 1.89 bits per heavy atom. The standard InChI is InChI=1S/C25H43N3O6S/c1-18-15-28(19(2)17-29)25(30)22-14-21(26(4)5)11-12-23(22)34-20(3)10-8-9-13-33-24(18)16-27(6)35(7,31)32/h11-12,14,18-20,24,29H,8-10,13,15-17H2,1-7H3/t18-,19-,20+,24-/m1/s1. The molecule has 4 atom stereocenters. The van der Waals surface area contributed by atoms with Gasteiger partial charge in [-0.3, -0.25) is 4.79 Å². The maximum absolute atomic E-state index is 13.9. The minimum atomic E-state index is -3.38. The largest absolute Gasteiger partial charge is 0.490 e. The van der Waals surface area contributed by atoms with Gasteiger partial charge in [0, 0.05) is 52.4 Å². The highest BCUT2D eigenvalue weighted by Gasteiger charge is 2.31. The van der Waals surface area contributed by atoms with Gasteiger partial charge in [-0.1, -0.05) is 6.92 Å². The zero-order valence-corrected chi connectivity index (χ0v) is 23.0. The number of rotatable bonds is 6. The van der Waals surface area contributed by atoms with E-state index in [0.29, 0.717) is 24.5 Å². The first-order chi connectivity index (χ1) is 16.3. The average Bonchev–Trinajstić information content (AvgIpc) is 2.79. The SMILES string of the molecule is C[C@@H]1CN([C@H](C)CO)C(=O)c2cc(N(C)C)ccc2O[C@@H](C)CCCCO[C@@H]1CN(C)S(C)(=O)=O. The number of aliphatic hydroxyl groups excluding tert-OH is 1. The summed E-state index contributed by atoms with van der Waals surface area (Å²) in [4.78, 5) is 17.5. The molecular weight excluding hydrogens is 470 g/mol. The molecule has 0 unspecified atom stereocenters. The van der Waals surface area contributed by atoms with Crippen molar-refractivity contribution < 1.29 is 27.8 Å². The first-order valence-electron chi connectivity index (χ1n) is 12.3. The molecule has 1 N–H and O–H groups in total. The zero-order chi connectivity index (χ0) is 26.3. The van der Waals surface area contributed by atoms with Crippen LogP contribution in [0.4, 0.5) is 5.69 Å². The predicted octanol–water partition coefficient (Wildman–Crippen LogP) is 2.44. The third kappa shape index (κ3) is 8.34. The normalized spacial score (nSPS) is 23.9. The van der Waals surface area contributed by atoms with Crippen LogP contribution >= 0.6 is 0 Å². The maximum Gasteiger partial charge on any atom is 0.258 e. The molecule has 0 spiro atoms. The number of ether oxygens (including phenoxy) is 2. The van der Waals surface area contributed by atoms with Gasteiger partial charge in [-0.05, 0) is 51.3 Å². The van der Waals surface area contributed by atoms with Crippen LogP contribution < -0.4 is 9.64 Å². The molecule has 1 heterocycles. The van der Waals surface area contributed by atoms with Crippen LogP contribution in [0, 0.1) is 5.92 Å². The van der Waals surface area contributed by atoms with Crippen LogP contribution in [0.1, 0.15) is 50.4 Å². The summed E-state index contributed by atoms with van der Waals surface area (Å²) >= 11 is 0. The molecule has 0 bridgehead atoms. The van der Waals surface area contributed by atoms with Gasteiger partial charge in [0.1, 0.15) is 5.75 Å². The molecule has 0 aliphatic carbocycles. The molecule has 2 rings (SSSR count). The van der Waals surface area contributed by atoms with E-state index in [1.165, 1.54) is 17.6 Å². The highest BCUT2D eigenvalue weighted by atomic mass is 32.2. The van der Waals surface area contributed by atoms with Gasteiger partial charge in [0.15, 0.2) is 0 Å². The highest BCUT2D eigenvalue weighted by Crippen LogP contribution is 2.29. The fourth-order valence-electron chi connectivity index (χ4n) is 4.04. The molecule has 10 heteroatoms. The van der Waals surface area contributed by atoms with E-state index in [-0.39, 0.29) is 31.1 Å². The Bertz CT molecular complexity index is 939. The molecule has 1 aromatic carbocycles. The van der Waals surface area contributed by atoms with Gasteiger partial charge in [0.2, 0.25) is 10.0 Å². The van der Waals surface area contributed by atoms with E-state index in [1.807, 2.05) is 51.0 Å². The average molecular weight is 514 g/mol. The number of carbonyl (C=O) groups excluding carboxylic acids is 1.